The fourth-order valence-electron chi connectivity index (χ4n) is 2.03. The molecule has 1 aromatic rings. The summed E-state index contributed by atoms with van der Waals surface area (Å²) in [4.78, 5) is 21.5. The van der Waals surface area contributed by atoms with Gasteiger partial charge in [-0.2, -0.15) is 0 Å². The maximum absolute atomic E-state index is 11.3. The lowest BCUT2D eigenvalue weighted by atomic mass is 9.87. The van der Waals surface area contributed by atoms with Crippen LogP contribution in [-0.2, 0) is 4.79 Å². The summed E-state index contributed by atoms with van der Waals surface area (Å²) < 4.78 is 0. The molecule has 1 aromatic carbocycles. The van der Waals surface area contributed by atoms with E-state index in [-0.39, 0.29) is 16.6 Å². The molecule has 0 spiro atoms. The molecule has 0 aliphatic carbocycles. The Morgan fingerprint density at radius 1 is 1.47 bits per heavy atom. The van der Waals surface area contributed by atoms with E-state index in [9.17, 15) is 20.0 Å². The van der Waals surface area contributed by atoms with Gasteiger partial charge in [-0.15, -0.1) is 0 Å². The fourth-order valence-corrected chi connectivity index (χ4v) is 2.27. The largest absolute Gasteiger partial charge is 0.481 e. The van der Waals surface area contributed by atoms with Crippen molar-refractivity contribution in [1.82, 2.24) is 0 Å². The minimum atomic E-state index is -0.943. The zero-order chi connectivity index (χ0) is 14.7. The summed E-state index contributed by atoms with van der Waals surface area (Å²) in [7, 11) is 0. The molecule has 0 amide bonds. The van der Waals surface area contributed by atoms with Crippen LogP contribution in [0.5, 0.6) is 0 Å². The first-order chi connectivity index (χ1) is 8.73. The Hall–Kier alpha value is -1.62. The molecular weight excluding hydrogens is 270 g/mol. The van der Waals surface area contributed by atoms with E-state index in [2.05, 4.69) is 0 Å². The first kappa shape index (κ1) is 15.4. The van der Waals surface area contributed by atoms with E-state index in [1.807, 2.05) is 13.8 Å². The van der Waals surface area contributed by atoms with Crippen LogP contribution in [0, 0.1) is 23.0 Å². The smallest absolute Gasteiger partial charge is 0.310 e. The van der Waals surface area contributed by atoms with Crippen LogP contribution in [0.4, 0.5) is 5.69 Å². The standard InChI is InChI=1S/C13H16ClNO4/c1-7(2)4-10(13(16)17)9-6-11(14)12(15(18)19)5-8(9)3/h5-7,10H,4H2,1-3H3,(H,16,17). The van der Waals surface area contributed by atoms with Crippen molar-refractivity contribution >= 4 is 23.3 Å². The maximum atomic E-state index is 11.3. The number of nitro groups is 1. The number of nitro benzene ring substituents is 1. The predicted octanol–water partition coefficient (Wildman–Crippen LogP) is 3.77. The lowest BCUT2D eigenvalue weighted by molar-refractivity contribution is -0.384. The predicted molar refractivity (Wildman–Crippen MR) is 72.7 cm³/mol. The number of carbonyl (C=O) groups is 1. The highest BCUT2D eigenvalue weighted by molar-refractivity contribution is 6.32. The molecule has 1 atom stereocenters. The van der Waals surface area contributed by atoms with Crippen LogP contribution >= 0.6 is 11.6 Å². The lowest BCUT2D eigenvalue weighted by Gasteiger charge is -2.17. The number of nitrogens with zero attached hydrogens (tertiary/aromatic N) is 1. The number of carboxylic acid groups (broad SMARTS) is 1. The summed E-state index contributed by atoms with van der Waals surface area (Å²) in [6.07, 6.45) is 0.463. The fraction of sp³-hybridized carbons (Fsp3) is 0.462. The average Bonchev–Trinajstić information content (AvgIpc) is 2.27. The van der Waals surface area contributed by atoms with Gasteiger partial charge in [-0.05, 0) is 36.5 Å². The Labute approximate surface area is 116 Å². The Morgan fingerprint density at radius 2 is 2.05 bits per heavy atom. The van der Waals surface area contributed by atoms with Gasteiger partial charge >= 0.3 is 5.97 Å². The minimum absolute atomic E-state index is 0.0272. The third-order valence-corrected chi connectivity index (χ3v) is 3.22. The Bertz CT molecular complexity index is 514. The molecule has 0 aliphatic heterocycles. The molecule has 6 heteroatoms. The number of hydrogen-bond acceptors (Lipinski definition) is 3. The average molecular weight is 286 g/mol. The van der Waals surface area contributed by atoms with E-state index in [1.165, 1.54) is 12.1 Å². The first-order valence-corrected chi connectivity index (χ1v) is 6.29. The second kappa shape index (κ2) is 6.02. The number of carboxylic acids is 1. The minimum Gasteiger partial charge on any atom is -0.481 e. The van der Waals surface area contributed by atoms with Gasteiger partial charge in [-0.3, -0.25) is 14.9 Å². The SMILES string of the molecule is Cc1cc([N+](=O)[O-])c(Cl)cc1C(CC(C)C)C(=O)O. The summed E-state index contributed by atoms with van der Waals surface area (Å²) >= 11 is 5.85. The van der Waals surface area contributed by atoms with E-state index in [4.69, 9.17) is 11.6 Å². The van der Waals surface area contributed by atoms with Gasteiger partial charge in [0.05, 0.1) is 10.8 Å². The van der Waals surface area contributed by atoms with Crippen LogP contribution in [0.3, 0.4) is 0 Å². The molecule has 0 fully saturated rings. The van der Waals surface area contributed by atoms with Crippen molar-refractivity contribution in [2.24, 2.45) is 5.92 Å². The summed E-state index contributed by atoms with van der Waals surface area (Å²) in [6.45, 7) is 5.52. The van der Waals surface area contributed by atoms with Crippen LogP contribution in [0.25, 0.3) is 0 Å². The maximum Gasteiger partial charge on any atom is 0.310 e. The van der Waals surface area contributed by atoms with Crippen molar-refractivity contribution in [3.05, 3.63) is 38.4 Å². The van der Waals surface area contributed by atoms with Crippen molar-refractivity contribution in [1.29, 1.82) is 0 Å². The van der Waals surface area contributed by atoms with Gasteiger partial charge < -0.3 is 5.11 Å². The van der Waals surface area contributed by atoms with Crippen molar-refractivity contribution in [3.8, 4) is 0 Å². The number of benzene rings is 1. The highest BCUT2D eigenvalue weighted by Crippen LogP contribution is 2.34. The summed E-state index contributed by atoms with van der Waals surface area (Å²) in [6, 6.07) is 2.73. The van der Waals surface area contributed by atoms with Crippen LogP contribution in [0.2, 0.25) is 5.02 Å². The third kappa shape index (κ3) is 3.67. The molecule has 0 bridgehead atoms. The molecule has 5 nitrogen and oxygen atoms in total. The number of rotatable bonds is 5. The Kier molecular flexibility index (Phi) is 4.89. The molecule has 1 unspecified atom stereocenters. The molecule has 1 rings (SSSR count). The number of hydrogen-bond donors (Lipinski definition) is 1. The van der Waals surface area contributed by atoms with E-state index in [0.717, 1.165) is 0 Å². The Balaban J connectivity index is 3.29. The lowest BCUT2D eigenvalue weighted by Crippen LogP contribution is -2.15. The zero-order valence-corrected chi connectivity index (χ0v) is 11.8. The molecular formula is C13H16ClNO4. The second-order valence-electron chi connectivity index (χ2n) is 4.94. The molecule has 0 aromatic heterocycles. The molecule has 0 saturated carbocycles. The van der Waals surface area contributed by atoms with Crippen LogP contribution < -0.4 is 0 Å². The van der Waals surface area contributed by atoms with Crippen molar-refractivity contribution < 1.29 is 14.8 Å². The molecule has 0 heterocycles. The zero-order valence-electron chi connectivity index (χ0n) is 11.0. The summed E-state index contributed by atoms with van der Waals surface area (Å²) in [5.74, 6) is -1.44. The molecule has 1 N–H and O–H groups in total. The van der Waals surface area contributed by atoms with Gasteiger partial charge in [0, 0.05) is 6.07 Å². The quantitative estimate of drug-likeness (QED) is 0.659. The monoisotopic (exact) mass is 285 g/mol. The second-order valence-corrected chi connectivity index (χ2v) is 5.34. The Morgan fingerprint density at radius 3 is 2.47 bits per heavy atom. The highest BCUT2D eigenvalue weighted by Gasteiger charge is 2.25. The van der Waals surface area contributed by atoms with E-state index >= 15 is 0 Å². The number of aliphatic carboxylic acids is 1. The third-order valence-electron chi connectivity index (χ3n) is 2.91. The van der Waals surface area contributed by atoms with Crippen molar-refractivity contribution in [2.45, 2.75) is 33.1 Å². The summed E-state index contributed by atoms with van der Waals surface area (Å²) in [5.41, 5.74) is 0.914. The van der Waals surface area contributed by atoms with E-state index < -0.39 is 16.8 Å². The van der Waals surface area contributed by atoms with Gasteiger partial charge in [-0.1, -0.05) is 25.4 Å². The molecule has 0 aliphatic rings. The van der Waals surface area contributed by atoms with Gasteiger partial charge in [0.1, 0.15) is 5.02 Å². The van der Waals surface area contributed by atoms with Gasteiger partial charge in [0.15, 0.2) is 0 Å². The van der Waals surface area contributed by atoms with Crippen LogP contribution in [0.15, 0.2) is 12.1 Å². The topological polar surface area (TPSA) is 80.4 Å². The highest BCUT2D eigenvalue weighted by atomic mass is 35.5. The van der Waals surface area contributed by atoms with Gasteiger partial charge in [0.2, 0.25) is 0 Å². The van der Waals surface area contributed by atoms with Gasteiger partial charge in [-0.25, -0.2) is 0 Å². The molecule has 19 heavy (non-hydrogen) atoms. The molecule has 104 valence electrons. The number of halogens is 1. The molecule has 0 saturated heterocycles. The van der Waals surface area contributed by atoms with E-state index in [1.54, 1.807) is 6.92 Å². The molecule has 0 radical (unpaired) electrons. The van der Waals surface area contributed by atoms with Crippen molar-refractivity contribution in [3.63, 3.8) is 0 Å². The van der Waals surface area contributed by atoms with E-state index in [0.29, 0.717) is 17.5 Å². The van der Waals surface area contributed by atoms with Crippen LogP contribution in [0.1, 0.15) is 37.3 Å². The summed E-state index contributed by atoms with van der Waals surface area (Å²) in [5, 5.41) is 20.0. The first-order valence-electron chi connectivity index (χ1n) is 5.91. The van der Waals surface area contributed by atoms with Crippen molar-refractivity contribution in [2.75, 3.05) is 0 Å². The normalized spacial score (nSPS) is 12.5. The number of aryl methyl sites for hydroxylation is 1. The van der Waals surface area contributed by atoms with Gasteiger partial charge in [0.25, 0.3) is 5.69 Å². The van der Waals surface area contributed by atoms with Crippen LogP contribution in [-0.4, -0.2) is 16.0 Å².